The molecule has 1 aliphatic rings. The van der Waals surface area contributed by atoms with Crippen molar-refractivity contribution in [2.45, 2.75) is 43.4 Å². The first-order valence-corrected chi connectivity index (χ1v) is 10.0. The summed E-state index contributed by atoms with van der Waals surface area (Å²) in [7, 11) is 0. The van der Waals surface area contributed by atoms with E-state index in [0.717, 1.165) is 33.6 Å². The molecule has 146 valence electrons. The molecule has 3 N–H and O–H groups in total. The first kappa shape index (κ1) is 18.5. The zero-order valence-electron chi connectivity index (χ0n) is 16.0. The topological polar surface area (TPSA) is 112 Å². The number of imidazole rings is 1. The molecule has 0 bridgehead atoms. The van der Waals surface area contributed by atoms with Crippen LogP contribution in [0.15, 0.2) is 29.3 Å². The highest BCUT2D eigenvalue weighted by Crippen LogP contribution is 2.37. The van der Waals surface area contributed by atoms with Crippen LogP contribution in [0, 0.1) is 0 Å². The van der Waals surface area contributed by atoms with Crippen molar-refractivity contribution >= 4 is 17.7 Å². The van der Waals surface area contributed by atoms with Gasteiger partial charge in [-0.15, -0.1) is 11.8 Å². The molecule has 1 amide bonds. The van der Waals surface area contributed by atoms with E-state index in [1.54, 1.807) is 6.92 Å². The largest absolute Gasteiger partial charge is 0.491 e. The number of aromatic nitrogens is 5. The van der Waals surface area contributed by atoms with Crippen molar-refractivity contribution in [1.82, 2.24) is 24.7 Å². The van der Waals surface area contributed by atoms with E-state index in [0.29, 0.717) is 19.0 Å². The Morgan fingerprint density at radius 2 is 2.14 bits per heavy atom. The van der Waals surface area contributed by atoms with Crippen molar-refractivity contribution in [3.05, 3.63) is 30.2 Å². The number of rotatable bonds is 5. The Bertz CT molecular complexity index is 1030. The Kier molecular flexibility index (Phi) is 4.84. The van der Waals surface area contributed by atoms with Gasteiger partial charge in [-0.25, -0.2) is 9.97 Å². The van der Waals surface area contributed by atoms with Gasteiger partial charge in [0.15, 0.2) is 0 Å². The summed E-state index contributed by atoms with van der Waals surface area (Å²) in [5.74, 6) is 2.93. The molecule has 3 heterocycles. The number of nitrogens with two attached hydrogens (primary N) is 1. The maximum absolute atomic E-state index is 11.3. The van der Waals surface area contributed by atoms with Crippen molar-refractivity contribution in [1.29, 1.82) is 0 Å². The Hall–Kier alpha value is -2.81. The van der Waals surface area contributed by atoms with Crippen molar-refractivity contribution in [3.8, 4) is 28.7 Å². The minimum absolute atomic E-state index is 0.273. The highest BCUT2D eigenvalue weighted by Gasteiger charge is 2.22. The van der Waals surface area contributed by atoms with Gasteiger partial charge in [-0.1, -0.05) is 13.8 Å². The van der Waals surface area contributed by atoms with Crippen LogP contribution in [0.2, 0.25) is 0 Å². The fourth-order valence-electron chi connectivity index (χ4n) is 2.95. The average Bonchev–Trinajstić information content (AvgIpc) is 3.26. The van der Waals surface area contributed by atoms with E-state index < -0.39 is 0 Å². The molecule has 0 saturated carbocycles. The second-order valence-electron chi connectivity index (χ2n) is 7.01. The number of amides is 1. The number of thioether (sulfide) groups is 1. The molecule has 0 radical (unpaired) electrons. The number of aromatic amines is 1. The summed E-state index contributed by atoms with van der Waals surface area (Å²) in [6.07, 6.45) is 1.96. The van der Waals surface area contributed by atoms with Gasteiger partial charge in [-0.3, -0.25) is 9.89 Å². The third kappa shape index (κ3) is 3.49. The Balaban J connectivity index is 1.68. The van der Waals surface area contributed by atoms with Gasteiger partial charge in [0.05, 0.1) is 17.4 Å². The van der Waals surface area contributed by atoms with Crippen LogP contribution in [-0.2, 0) is 11.3 Å². The predicted octanol–water partition coefficient (Wildman–Crippen LogP) is 2.82. The SMILES string of the molecule is CC(Sc1ccc2c(c1)OCCn1cc(-c3n[nH]c(C(C)C)n3)nc1-2)C(N)=O. The minimum atomic E-state index is -0.340. The predicted molar refractivity (Wildman–Crippen MR) is 107 cm³/mol. The Morgan fingerprint density at radius 3 is 2.86 bits per heavy atom. The summed E-state index contributed by atoms with van der Waals surface area (Å²) in [6.45, 7) is 7.13. The van der Waals surface area contributed by atoms with E-state index >= 15 is 0 Å². The van der Waals surface area contributed by atoms with E-state index in [1.165, 1.54) is 11.8 Å². The van der Waals surface area contributed by atoms with Gasteiger partial charge in [0.2, 0.25) is 11.7 Å². The number of nitrogens with zero attached hydrogens (tertiary/aromatic N) is 4. The fraction of sp³-hybridized carbons (Fsp3) is 0.368. The maximum Gasteiger partial charge on any atom is 0.230 e. The smallest absolute Gasteiger partial charge is 0.230 e. The van der Waals surface area contributed by atoms with Crippen LogP contribution < -0.4 is 10.5 Å². The van der Waals surface area contributed by atoms with Crippen LogP contribution in [0.4, 0.5) is 0 Å². The molecule has 2 aromatic heterocycles. The number of hydrogen-bond donors (Lipinski definition) is 2. The number of primary amides is 1. The lowest BCUT2D eigenvalue weighted by atomic mass is 10.2. The highest BCUT2D eigenvalue weighted by molar-refractivity contribution is 8.00. The van der Waals surface area contributed by atoms with Crippen LogP contribution in [-0.4, -0.2) is 42.5 Å². The van der Waals surface area contributed by atoms with E-state index in [2.05, 4.69) is 33.6 Å². The van der Waals surface area contributed by atoms with E-state index in [1.807, 2.05) is 24.4 Å². The molecule has 8 nitrogen and oxygen atoms in total. The van der Waals surface area contributed by atoms with Crippen molar-refractivity contribution < 1.29 is 9.53 Å². The lowest BCUT2D eigenvalue weighted by Gasteiger charge is -2.11. The third-order valence-electron chi connectivity index (χ3n) is 4.55. The third-order valence-corrected chi connectivity index (χ3v) is 5.66. The van der Waals surface area contributed by atoms with Crippen molar-refractivity contribution in [2.24, 2.45) is 5.73 Å². The molecule has 0 spiro atoms. The van der Waals surface area contributed by atoms with Gasteiger partial charge in [0.1, 0.15) is 29.7 Å². The van der Waals surface area contributed by atoms with E-state index in [4.69, 9.17) is 15.5 Å². The van der Waals surface area contributed by atoms with Gasteiger partial charge in [0.25, 0.3) is 0 Å². The number of benzene rings is 1. The van der Waals surface area contributed by atoms with Crippen molar-refractivity contribution in [2.75, 3.05) is 6.61 Å². The lowest BCUT2D eigenvalue weighted by Crippen LogP contribution is -2.22. The van der Waals surface area contributed by atoms with Crippen LogP contribution in [0.25, 0.3) is 22.9 Å². The minimum Gasteiger partial charge on any atom is -0.491 e. The first-order valence-electron chi connectivity index (χ1n) is 9.15. The molecule has 4 rings (SSSR count). The molecular formula is C19H22N6O2S. The lowest BCUT2D eigenvalue weighted by molar-refractivity contribution is -0.117. The summed E-state index contributed by atoms with van der Waals surface area (Å²) in [4.78, 5) is 21.6. The number of fused-ring (bicyclic) bond motifs is 3. The number of nitrogens with one attached hydrogen (secondary N) is 1. The molecule has 1 aliphatic heterocycles. The summed E-state index contributed by atoms with van der Waals surface area (Å²) in [6, 6.07) is 5.87. The van der Waals surface area contributed by atoms with Gasteiger partial charge < -0.3 is 15.0 Å². The molecule has 1 unspecified atom stereocenters. The molecule has 9 heteroatoms. The zero-order valence-corrected chi connectivity index (χ0v) is 16.8. The summed E-state index contributed by atoms with van der Waals surface area (Å²) in [5.41, 5.74) is 7.00. The van der Waals surface area contributed by atoms with Gasteiger partial charge >= 0.3 is 0 Å². The van der Waals surface area contributed by atoms with Gasteiger partial charge in [-0.05, 0) is 25.1 Å². The first-order chi connectivity index (χ1) is 13.4. The number of ether oxygens (including phenoxy) is 1. The number of carbonyl (C=O) groups is 1. The number of carbonyl (C=O) groups excluding carboxylic acids is 1. The molecule has 0 fully saturated rings. The standard InChI is InChI=1S/C19H22N6O2S/c1-10(2)17-22-18(24-23-17)14-9-25-6-7-27-15-8-12(28-11(3)16(20)26)4-5-13(15)19(25)21-14/h4-5,8-11H,6-7H2,1-3H3,(H2,20,26)(H,22,23,24). The number of H-pyrrole nitrogens is 1. The highest BCUT2D eigenvalue weighted by atomic mass is 32.2. The Labute approximate surface area is 166 Å². The Morgan fingerprint density at radius 1 is 1.32 bits per heavy atom. The summed E-state index contributed by atoms with van der Waals surface area (Å²) in [5, 5.41) is 6.97. The van der Waals surface area contributed by atoms with Crippen LogP contribution >= 0.6 is 11.8 Å². The normalized spacial score (nSPS) is 14.1. The summed E-state index contributed by atoms with van der Waals surface area (Å²) >= 11 is 1.41. The van der Waals surface area contributed by atoms with Crippen molar-refractivity contribution in [3.63, 3.8) is 0 Å². The van der Waals surface area contributed by atoms with E-state index in [-0.39, 0.29) is 17.1 Å². The fourth-order valence-corrected chi connectivity index (χ4v) is 3.80. The van der Waals surface area contributed by atoms with Gasteiger partial charge in [-0.2, -0.15) is 5.10 Å². The average molecular weight is 398 g/mol. The van der Waals surface area contributed by atoms with Crippen LogP contribution in [0.5, 0.6) is 5.75 Å². The molecule has 1 aromatic carbocycles. The van der Waals surface area contributed by atoms with Gasteiger partial charge in [0, 0.05) is 17.0 Å². The second-order valence-corrected chi connectivity index (χ2v) is 8.43. The molecule has 28 heavy (non-hydrogen) atoms. The second kappa shape index (κ2) is 7.31. The van der Waals surface area contributed by atoms with E-state index in [9.17, 15) is 4.79 Å². The maximum atomic E-state index is 11.3. The molecular weight excluding hydrogens is 376 g/mol. The number of hydrogen-bond acceptors (Lipinski definition) is 6. The zero-order chi connectivity index (χ0) is 19.8. The summed E-state index contributed by atoms with van der Waals surface area (Å²) < 4.78 is 7.99. The monoisotopic (exact) mass is 398 g/mol. The van der Waals surface area contributed by atoms with Crippen LogP contribution in [0.1, 0.15) is 32.5 Å². The molecule has 0 saturated heterocycles. The van der Waals surface area contributed by atoms with Crippen LogP contribution in [0.3, 0.4) is 0 Å². The molecule has 0 aliphatic carbocycles. The molecule has 3 aromatic rings. The molecule has 1 atom stereocenters. The quantitative estimate of drug-likeness (QED) is 0.639.